The van der Waals surface area contributed by atoms with Crippen LogP contribution in [0.4, 0.5) is 5.69 Å². The van der Waals surface area contributed by atoms with Crippen molar-refractivity contribution in [1.29, 1.82) is 0 Å². The number of methoxy groups -OCH3 is 1. The molecule has 0 bridgehead atoms. The Hall–Kier alpha value is -2.35. The molecule has 4 rings (SSSR count). The fraction of sp³-hybridized carbons (Fsp3) is 0.409. The number of aliphatic hydroxyl groups is 1. The molecule has 7 heteroatoms. The number of aliphatic hydroxyl groups excluding tert-OH is 1. The van der Waals surface area contributed by atoms with Crippen LogP contribution in [-0.2, 0) is 13.0 Å². The Morgan fingerprint density at radius 3 is 2.62 bits per heavy atom. The smallest absolute Gasteiger partial charge is 0.142 e. The van der Waals surface area contributed by atoms with Crippen LogP contribution in [0.15, 0.2) is 48.0 Å². The summed E-state index contributed by atoms with van der Waals surface area (Å²) < 4.78 is 7.39. The first-order valence-corrected chi connectivity index (χ1v) is 11.0. The number of aromatic nitrogens is 2. The summed E-state index contributed by atoms with van der Waals surface area (Å²) in [6.07, 6.45) is 3.06. The van der Waals surface area contributed by atoms with Crippen molar-refractivity contribution in [3.63, 3.8) is 0 Å². The van der Waals surface area contributed by atoms with Crippen LogP contribution in [0, 0.1) is 0 Å². The number of benzene rings is 1. The second-order valence-corrected chi connectivity index (χ2v) is 8.17. The number of ether oxygens (including phenoxy) is 1. The Kier molecular flexibility index (Phi) is 6.49. The molecule has 154 valence electrons. The van der Waals surface area contributed by atoms with Gasteiger partial charge in [0.15, 0.2) is 0 Å². The van der Waals surface area contributed by atoms with Crippen LogP contribution < -0.4 is 9.64 Å². The minimum Gasteiger partial charge on any atom is -0.495 e. The molecule has 0 saturated carbocycles. The maximum absolute atomic E-state index is 9.26. The minimum absolute atomic E-state index is 0.107. The Balaban J connectivity index is 1.37. The molecule has 1 aliphatic heterocycles. The van der Waals surface area contributed by atoms with Gasteiger partial charge in [-0.25, -0.2) is 0 Å². The summed E-state index contributed by atoms with van der Waals surface area (Å²) in [5.74, 6) is 0.942. The normalized spacial score (nSPS) is 15.0. The van der Waals surface area contributed by atoms with E-state index in [9.17, 15) is 5.11 Å². The molecule has 1 N–H and O–H groups in total. The first-order valence-electron chi connectivity index (χ1n) is 10.1. The minimum atomic E-state index is 0.107. The van der Waals surface area contributed by atoms with Crippen molar-refractivity contribution in [1.82, 2.24) is 14.7 Å². The molecule has 0 unspecified atom stereocenters. The lowest BCUT2D eigenvalue weighted by molar-refractivity contribution is 0.260. The van der Waals surface area contributed by atoms with Crippen LogP contribution >= 0.6 is 11.3 Å². The standard InChI is InChI=1S/C22H28N4O2S/c1-28-20-6-3-2-5-19(20)25-12-10-24(11-13-25)9-8-18-17-26(14-15-27)23-22(18)21-7-4-16-29-21/h2-7,16-17,27H,8-15H2,1H3. The largest absolute Gasteiger partial charge is 0.495 e. The number of anilines is 1. The van der Waals surface area contributed by atoms with E-state index in [-0.39, 0.29) is 6.61 Å². The number of piperazine rings is 1. The Bertz CT molecular complexity index is 901. The monoisotopic (exact) mass is 412 g/mol. The molecule has 1 aliphatic rings. The number of para-hydroxylation sites is 2. The number of rotatable bonds is 8. The summed E-state index contributed by atoms with van der Waals surface area (Å²) in [6.45, 7) is 5.74. The molecule has 0 atom stereocenters. The predicted octanol–water partition coefficient (Wildman–Crippen LogP) is 2.98. The topological polar surface area (TPSA) is 53.8 Å². The van der Waals surface area contributed by atoms with Gasteiger partial charge in [-0.1, -0.05) is 18.2 Å². The van der Waals surface area contributed by atoms with Crippen LogP contribution in [-0.4, -0.2) is 66.2 Å². The summed E-state index contributed by atoms with van der Waals surface area (Å²) in [6, 6.07) is 12.4. The molecule has 0 amide bonds. The fourth-order valence-electron chi connectivity index (χ4n) is 3.87. The van der Waals surface area contributed by atoms with Gasteiger partial charge in [0.2, 0.25) is 0 Å². The number of thiophene rings is 1. The molecular weight excluding hydrogens is 384 g/mol. The average molecular weight is 413 g/mol. The highest BCUT2D eigenvalue weighted by molar-refractivity contribution is 7.13. The van der Waals surface area contributed by atoms with Crippen LogP contribution in [0.2, 0.25) is 0 Å². The zero-order valence-electron chi connectivity index (χ0n) is 16.8. The summed E-state index contributed by atoms with van der Waals surface area (Å²) >= 11 is 1.71. The summed E-state index contributed by atoms with van der Waals surface area (Å²) in [4.78, 5) is 6.12. The van der Waals surface area contributed by atoms with Gasteiger partial charge in [-0.3, -0.25) is 9.58 Å². The summed E-state index contributed by atoms with van der Waals surface area (Å²) in [5.41, 5.74) is 3.49. The Labute approximate surface area is 175 Å². The molecule has 29 heavy (non-hydrogen) atoms. The van der Waals surface area contributed by atoms with Crippen molar-refractivity contribution in [2.45, 2.75) is 13.0 Å². The van der Waals surface area contributed by atoms with Crippen molar-refractivity contribution >= 4 is 17.0 Å². The van der Waals surface area contributed by atoms with Crippen LogP contribution in [0.1, 0.15) is 5.56 Å². The second kappa shape index (κ2) is 9.43. The van der Waals surface area contributed by atoms with Crippen LogP contribution in [0.25, 0.3) is 10.6 Å². The molecule has 0 aliphatic carbocycles. The number of hydrogen-bond donors (Lipinski definition) is 1. The maximum atomic E-state index is 9.26. The zero-order chi connectivity index (χ0) is 20.1. The highest BCUT2D eigenvalue weighted by Gasteiger charge is 2.20. The van der Waals surface area contributed by atoms with E-state index >= 15 is 0 Å². The molecule has 1 aromatic carbocycles. The third-order valence-electron chi connectivity index (χ3n) is 5.42. The van der Waals surface area contributed by atoms with E-state index in [1.165, 1.54) is 16.1 Å². The van der Waals surface area contributed by atoms with E-state index in [0.717, 1.165) is 50.6 Å². The lowest BCUT2D eigenvalue weighted by Gasteiger charge is -2.36. The number of nitrogens with zero attached hydrogens (tertiary/aromatic N) is 4. The van der Waals surface area contributed by atoms with E-state index in [4.69, 9.17) is 9.84 Å². The molecule has 0 spiro atoms. The Morgan fingerprint density at radius 1 is 1.07 bits per heavy atom. The van der Waals surface area contributed by atoms with Crippen LogP contribution in [0.5, 0.6) is 5.75 Å². The van der Waals surface area contributed by atoms with E-state index < -0.39 is 0 Å². The van der Waals surface area contributed by atoms with Gasteiger partial charge < -0.3 is 14.7 Å². The highest BCUT2D eigenvalue weighted by Crippen LogP contribution is 2.29. The highest BCUT2D eigenvalue weighted by atomic mass is 32.1. The van der Waals surface area contributed by atoms with Gasteiger partial charge in [0.1, 0.15) is 11.4 Å². The van der Waals surface area contributed by atoms with E-state index in [1.54, 1.807) is 18.4 Å². The van der Waals surface area contributed by atoms with E-state index in [2.05, 4.69) is 45.6 Å². The molecule has 1 fully saturated rings. The number of hydrogen-bond acceptors (Lipinski definition) is 6. The van der Waals surface area contributed by atoms with Gasteiger partial charge in [-0.15, -0.1) is 11.3 Å². The summed E-state index contributed by atoms with van der Waals surface area (Å²) in [7, 11) is 1.73. The molecular formula is C22H28N4O2S. The SMILES string of the molecule is COc1ccccc1N1CCN(CCc2cn(CCO)nc2-c2cccs2)CC1. The van der Waals surface area contributed by atoms with E-state index in [0.29, 0.717) is 6.54 Å². The van der Waals surface area contributed by atoms with Gasteiger partial charge in [0, 0.05) is 44.5 Å². The average Bonchev–Trinajstić information content (AvgIpc) is 3.43. The fourth-order valence-corrected chi connectivity index (χ4v) is 4.61. The first kappa shape index (κ1) is 19.9. The zero-order valence-corrected chi connectivity index (χ0v) is 17.6. The van der Waals surface area contributed by atoms with Crippen molar-refractivity contribution in [3.05, 3.63) is 53.5 Å². The van der Waals surface area contributed by atoms with Crippen molar-refractivity contribution in [2.24, 2.45) is 0 Å². The van der Waals surface area contributed by atoms with Gasteiger partial charge >= 0.3 is 0 Å². The molecule has 0 radical (unpaired) electrons. The maximum Gasteiger partial charge on any atom is 0.142 e. The molecule has 6 nitrogen and oxygen atoms in total. The Morgan fingerprint density at radius 2 is 1.90 bits per heavy atom. The van der Waals surface area contributed by atoms with Gasteiger partial charge in [-0.2, -0.15) is 5.10 Å². The van der Waals surface area contributed by atoms with Gasteiger partial charge in [-0.05, 0) is 30.0 Å². The predicted molar refractivity (Wildman–Crippen MR) is 118 cm³/mol. The third kappa shape index (κ3) is 4.63. The first-order chi connectivity index (χ1) is 14.3. The quantitative estimate of drug-likeness (QED) is 0.617. The molecule has 2 aromatic heterocycles. The van der Waals surface area contributed by atoms with Crippen LogP contribution in [0.3, 0.4) is 0 Å². The van der Waals surface area contributed by atoms with Crippen molar-refractivity contribution < 1.29 is 9.84 Å². The van der Waals surface area contributed by atoms with E-state index in [1.807, 2.05) is 16.8 Å². The lowest BCUT2D eigenvalue weighted by atomic mass is 10.1. The van der Waals surface area contributed by atoms with Crippen molar-refractivity contribution in [3.8, 4) is 16.3 Å². The van der Waals surface area contributed by atoms with Gasteiger partial charge in [0.25, 0.3) is 0 Å². The van der Waals surface area contributed by atoms with Crippen molar-refractivity contribution in [2.75, 3.05) is 51.3 Å². The molecule has 3 aromatic rings. The molecule has 3 heterocycles. The lowest BCUT2D eigenvalue weighted by Crippen LogP contribution is -2.47. The molecule has 1 saturated heterocycles. The van der Waals surface area contributed by atoms with Gasteiger partial charge in [0.05, 0.1) is 30.8 Å². The second-order valence-electron chi connectivity index (χ2n) is 7.22. The summed E-state index contributed by atoms with van der Waals surface area (Å²) in [5, 5.41) is 16.0. The third-order valence-corrected chi connectivity index (χ3v) is 6.29.